The maximum Gasteiger partial charge on any atom is 0.223 e. The second kappa shape index (κ2) is 8.11. The van der Waals surface area contributed by atoms with Gasteiger partial charge in [-0.25, -0.2) is 0 Å². The van der Waals surface area contributed by atoms with Crippen LogP contribution in [0.1, 0.15) is 67.2 Å². The van der Waals surface area contributed by atoms with Gasteiger partial charge in [-0.15, -0.1) is 0 Å². The summed E-state index contributed by atoms with van der Waals surface area (Å²) in [5.74, 6) is 1.30. The van der Waals surface area contributed by atoms with Gasteiger partial charge in [-0.3, -0.25) is 9.59 Å². The van der Waals surface area contributed by atoms with Crippen molar-refractivity contribution in [1.82, 2.24) is 4.90 Å². The van der Waals surface area contributed by atoms with Gasteiger partial charge in [0.05, 0.1) is 6.26 Å². The molecule has 176 valence electrons. The van der Waals surface area contributed by atoms with E-state index in [1.54, 1.807) is 0 Å². The quantitative estimate of drug-likeness (QED) is 0.476. The van der Waals surface area contributed by atoms with Crippen LogP contribution >= 0.6 is 0 Å². The molecule has 1 heterocycles. The molecule has 2 fully saturated rings. The summed E-state index contributed by atoms with van der Waals surface area (Å²) in [6.45, 7) is 3.47. The molecule has 34 heavy (non-hydrogen) atoms. The number of fused-ring (bicyclic) bond motifs is 6. The average molecular weight is 456 g/mol. The number of aliphatic hydroxyl groups is 1. The number of benzene rings is 2. The normalized spacial score (nSPS) is 32.8. The summed E-state index contributed by atoms with van der Waals surface area (Å²) in [5.41, 5.74) is 5.50. The number of amides is 1. The largest absolute Gasteiger partial charge is 0.515 e. The Morgan fingerprint density at radius 1 is 1.06 bits per heavy atom. The first-order valence-electron chi connectivity index (χ1n) is 12.8. The fourth-order valence-electron chi connectivity index (χ4n) is 7.91. The van der Waals surface area contributed by atoms with Crippen molar-refractivity contribution in [1.29, 1.82) is 0 Å². The summed E-state index contributed by atoms with van der Waals surface area (Å²) in [6, 6.07) is 17.0. The minimum atomic E-state index is -0.431. The van der Waals surface area contributed by atoms with Crippen LogP contribution in [0.15, 0.2) is 60.4 Å². The summed E-state index contributed by atoms with van der Waals surface area (Å²) in [7, 11) is 0. The second-order valence-corrected chi connectivity index (χ2v) is 11.1. The molecule has 4 aliphatic rings. The van der Waals surface area contributed by atoms with E-state index < -0.39 is 5.41 Å². The average Bonchev–Trinajstić information content (AvgIpc) is 3.39. The van der Waals surface area contributed by atoms with Gasteiger partial charge in [0.2, 0.25) is 5.91 Å². The zero-order valence-corrected chi connectivity index (χ0v) is 19.9. The SMILES string of the molecule is CC12CCC3c4ccccc4CCC3C1C(CCC(=O)N1Cc3ccccc3C1)/C(=C/O)C2=O. The number of ketones is 1. The highest BCUT2D eigenvalue weighted by molar-refractivity contribution is 6.03. The van der Waals surface area contributed by atoms with E-state index in [1.165, 1.54) is 22.3 Å². The number of allylic oxidation sites excluding steroid dienone is 1. The number of nitrogens with zero attached hydrogens (tertiary/aromatic N) is 1. The molecule has 5 unspecified atom stereocenters. The summed E-state index contributed by atoms with van der Waals surface area (Å²) >= 11 is 0. The molecule has 4 nitrogen and oxygen atoms in total. The first-order valence-corrected chi connectivity index (χ1v) is 12.8. The van der Waals surface area contributed by atoms with E-state index >= 15 is 0 Å². The second-order valence-electron chi connectivity index (χ2n) is 11.1. The van der Waals surface area contributed by atoms with Crippen molar-refractivity contribution in [2.45, 2.75) is 64.5 Å². The van der Waals surface area contributed by atoms with Crippen LogP contribution in [0.2, 0.25) is 0 Å². The van der Waals surface area contributed by atoms with E-state index in [0.29, 0.717) is 43.3 Å². The Kier molecular flexibility index (Phi) is 5.16. The van der Waals surface area contributed by atoms with E-state index in [9.17, 15) is 14.7 Å². The Morgan fingerprint density at radius 2 is 1.74 bits per heavy atom. The molecule has 3 aliphatic carbocycles. The van der Waals surface area contributed by atoms with Crippen LogP contribution in [0.3, 0.4) is 0 Å². The van der Waals surface area contributed by atoms with Gasteiger partial charge < -0.3 is 10.0 Å². The van der Waals surface area contributed by atoms with Crippen LogP contribution in [0, 0.1) is 23.2 Å². The topological polar surface area (TPSA) is 57.6 Å². The number of hydrogen-bond donors (Lipinski definition) is 1. The third kappa shape index (κ3) is 3.18. The lowest BCUT2D eigenvalue weighted by Crippen LogP contribution is -2.44. The number of Topliss-reactive ketones (excluding diaryl/α,β-unsaturated/α-hetero) is 1. The van der Waals surface area contributed by atoms with Gasteiger partial charge >= 0.3 is 0 Å². The predicted molar refractivity (Wildman–Crippen MR) is 131 cm³/mol. The van der Waals surface area contributed by atoms with Gasteiger partial charge in [-0.05, 0) is 78.0 Å². The molecule has 0 spiro atoms. The summed E-state index contributed by atoms with van der Waals surface area (Å²) in [6.07, 6.45) is 6.14. The number of aryl methyl sites for hydroxylation is 1. The molecule has 4 heteroatoms. The molecule has 2 saturated carbocycles. The number of carbonyl (C=O) groups excluding carboxylic acids is 2. The van der Waals surface area contributed by atoms with Gasteiger partial charge in [0.15, 0.2) is 5.78 Å². The Balaban J connectivity index is 1.25. The highest BCUT2D eigenvalue weighted by atomic mass is 16.2. The van der Waals surface area contributed by atoms with E-state index in [1.807, 2.05) is 17.0 Å². The van der Waals surface area contributed by atoms with Gasteiger partial charge in [0, 0.05) is 30.5 Å². The number of hydrogen-bond acceptors (Lipinski definition) is 3. The highest BCUT2D eigenvalue weighted by Crippen LogP contribution is 2.63. The van der Waals surface area contributed by atoms with Crippen molar-refractivity contribution >= 4 is 11.7 Å². The molecule has 0 aromatic heterocycles. The summed E-state index contributed by atoms with van der Waals surface area (Å²) < 4.78 is 0. The van der Waals surface area contributed by atoms with Crippen LogP contribution in [0.25, 0.3) is 0 Å². The predicted octanol–water partition coefficient (Wildman–Crippen LogP) is 5.71. The lowest BCUT2D eigenvalue weighted by atomic mass is 9.54. The minimum absolute atomic E-state index is 0.0468. The van der Waals surface area contributed by atoms with E-state index in [0.717, 1.165) is 31.9 Å². The fraction of sp³-hybridized carbons (Fsp3) is 0.467. The monoisotopic (exact) mass is 455 g/mol. The van der Waals surface area contributed by atoms with Crippen molar-refractivity contribution in [3.63, 3.8) is 0 Å². The molecule has 0 radical (unpaired) electrons. The first-order chi connectivity index (χ1) is 16.5. The highest BCUT2D eigenvalue weighted by Gasteiger charge is 2.60. The zero-order chi connectivity index (χ0) is 23.4. The van der Waals surface area contributed by atoms with Crippen LogP contribution in [-0.2, 0) is 29.1 Å². The van der Waals surface area contributed by atoms with Crippen LogP contribution in [0.4, 0.5) is 0 Å². The molecule has 2 aromatic rings. The van der Waals surface area contributed by atoms with Crippen molar-refractivity contribution in [3.8, 4) is 0 Å². The van der Waals surface area contributed by atoms with Crippen molar-refractivity contribution in [2.75, 3.05) is 0 Å². The van der Waals surface area contributed by atoms with Crippen molar-refractivity contribution < 1.29 is 14.7 Å². The molecule has 5 atom stereocenters. The van der Waals surface area contributed by atoms with E-state index in [-0.39, 0.29) is 23.5 Å². The first kappa shape index (κ1) is 21.6. The third-order valence-corrected chi connectivity index (χ3v) is 9.51. The van der Waals surface area contributed by atoms with Gasteiger partial charge in [-0.2, -0.15) is 0 Å². The summed E-state index contributed by atoms with van der Waals surface area (Å²) in [4.78, 5) is 28.7. The smallest absolute Gasteiger partial charge is 0.223 e. The molecule has 1 amide bonds. The Bertz CT molecular complexity index is 1160. The Labute approximate surface area is 201 Å². The molecule has 0 saturated heterocycles. The maximum absolute atomic E-state index is 13.5. The molecular weight excluding hydrogens is 422 g/mol. The van der Waals surface area contributed by atoms with E-state index in [2.05, 4.69) is 43.3 Å². The van der Waals surface area contributed by atoms with E-state index in [4.69, 9.17) is 0 Å². The van der Waals surface area contributed by atoms with Gasteiger partial charge in [-0.1, -0.05) is 55.5 Å². The van der Waals surface area contributed by atoms with Crippen molar-refractivity contribution in [3.05, 3.63) is 82.6 Å². The Morgan fingerprint density at radius 3 is 2.44 bits per heavy atom. The Hall–Kier alpha value is -2.88. The van der Waals surface area contributed by atoms with Crippen LogP contribution in [0.5, 0.6) is 0 Å². The van der Waals surface area contributed by atoms with Crippen LogP contribution < -0.4 is 0 Å². The standard InChI is InChI=1S/C30H33NO3/c1-30-15-14-23-22-9-5-4-6-19(22)10-11-24(23)28(30)25(26(18-32)29(30)34)12-13-27(33)31-16-20-7-2-3-8-21(20)17-31/h2-9,18,23-25,28,32H,10-17H2,1H3/b26-18-. The molecule has 2 aromatic carbocycles. The number of carbonyl (C=O) groups is 2. The minimum Gasteiger partial charge on any atom is -0.515 e. The van der Waals surface area contributed by atoms with Gasteiger partial charge in [0.1, 0.15) is 0 Å². The molecule has 0 bridgehead atoms. The molecular formula is C30H33NO3. The number of rotatable bonds is 3. The molecule has 1 aliphatic heterocycles. The molecule has 6 rings (SSSR count). The fourth-order valence-corrected chi connectivity index (χ4v) is 7.91. The summed E-state index contributed by atoms with van der Waals surface area (Å²) in [5, 5.41) is 10.1. The van der Waals surface area contributed by atoms with Gasteiger partial charge in [0.25, 0.3) is 0 Å². The van der Waals surface area contributed by atoms with Crippen LogP contribution in [-0.4, -0.2) is 21.7 Å². The lowest BCUT2D eigenvalue weighted by molar-refractivity contribution is -0.132. The third-order valence-electron chi connectivity index (χ3n) is 9.51. The zero-order valence-electron chi connectivity index (χ0n) is 19.9. The van der Waals surface area contributed by atoms with Crippen molar-refractivity contribution in [2.24, 2.45) is 23.2 Å². The number of aliphatic hydroxyl groups excluding tert-OH is 1. The molecule has 1 N–H and O–H groups in total. The lowest BCUT2D eigenvalue weighted by Gasteiger charge is -2.49. The maximum atomic E-state index is 13.5.